The molecule has 3 N–H and O–H groups in total. The molecule has 0 saturated carbocycles. The highest BCUT2D eigenvalue weighted by Gasteiger charge is 2.39. The van der Waals surface area contributed by atoms with Gasteiger partial charge in [-0.1, -0.05) is 19.8 Å². The van der Waals surface area contributed by atoms with Crippen LogP contribution in [-0.4, -0.2) is 55.2 Å². The van der Waals surface area contributed by atoms with E-state index < -0.39 is 0 Å². The molecule has 2 aliphatic heterocycles. The Balaban J connectivity index is 1.94. The van der Waals surface area contributed by atoms with Gasteiger partial charge in [-0.05, 0) is 45.2 Å². The molecule has 0 aliphatic carbocycles. The lowest BCUT2D eigenvalue weighted by atomic mass is 9.86. The molecule has 0 radical (unpaired) electrons. The number of likely N-dealkylation sites (tertiary alicyclic amines) is 1. The molecule has 2 fully saturated rings. The molecule has 2 heterocycles. The van der Waals surface area contributed by atoms with Crippen molar-refractivity contribution in [2.45, 2.75) is 63.5 Å². The number of hydrogen-bond donors (Lipinski definition) is 2. The quantitative estimate of drug-likeness (QED) is 0.774. The molecular formula is C16H31N3O2. The third kappa shape index (κ3) is 4.41. The summed E-state index contributed by atoms with van der Waals surface area (Å²) in [7, 11) is 0. The number of carbonyl (C=O) groups is 1. The summed E-state index contributed by atoms with van der Waals surface area (Å²) in [6.45, 7) is 6.67. The molecule has 1 unspecified atom stereocenters. The van der Waals surface area contributed by atoms with Crippen molar-refractivity contribution in [3.63, 3.8) is 0 Å². The van der Waals surface area contributed by atoms with Crippen molar-refractivity contribution >= 4 is 5.91 Å². The number of nitrogens with two attached hydrogens (primary N) is 1. The van der Waals surface area contributed by atoms with E-state index in [1.165, 1.54) is 19.3 Å². The highest BCUT2D eigenvalue weighted by atomic mass is 16.5. The predicted octanol–water partition coefficient (Wildman–Crippen LogP) is 1.27. The lowest BCUT2D eigenvalue weighted by Crippen LogP contribution is -2.60. The van der Waals surface area contributed by atoms with Crippen LogP contribution in [0.2, 0.25) is 0 Å². The van der Waals surface area contributed by atoms with Gasteiger partial charge in [-0.2, -0.15) is 0 Å². The van der Waals surface area contributed by atoms with Gasteiger partial charge in [0, 0.05) is 25.3 Å². The van der Waals surface area contributed by atoms with Crippen molar-refractivity contribution in [1.82, 2.24) is 10.2 Å². The summed E-state index contributed by atoms with van der Waals surface area (Å²) in [5, 5.41) is 3.11. The number of hydrogen-bond acceptors (Lipinski definition) is 4. The van der Waals surface area contributed by atoms with E-state index in [0.717, 1.165) is 52.0 Å². The van der Waals surface area contributed by atoms with E-state index in [1.54, 1.807) is 0 Å². The Kier molecular flexibility index (Phi) is 6.45. The van der Waals surface area contributed by atoms with Gasteiger partial charge in [0.15, 0.2) is 0 Å². The summed E-state index contributed by atoms with van der Waals surface area (Å²) in [6, 6.07) is -0.367. The molecule has 0 bridgehead atoms. The number of piperidine rings is 1. The topological polar surface area (TPSA) is 67.6 Å². The first-order valence-electron chi connectivity index (χ1n) is 8.54. The molecule has 2 rings (SSSR count). The molecular weight excluding hydrogens is 266 g/mol. The van der Waals surface area contributed by atoms with Crippen molar-refractivity contribution in [3.05, 3.63) is 0 Å². The fraction of sp³-hybridized carbons (Fsp3) is 0.938. The molecule has 0 spiro atoms. The minimum absolute atomic E-state index is 0.000253. The van der Waals surface area contributed by atoms with Gasteiger partial charge in [0.1, 0.15) is 0 Å². The lowest BCUT2D eigenvalue weighted by Gasteiger charge is -2.48. The molecule has 21 heavy (non-hydrogen) atoms. The summed E-state index contributed by atoms with van der Waals surface area (Å²) in [5.74, 6) is -0.000253. The van der Waals surface area contributed by atoms with Gasteiger partial charge < -0.3 is 15.8 Å². The Bertz CT molecular complexity index is 323. The van der Waals surface area contributed by atoms with E-state index in [2.05, 4.69) is 17.1 Å². The number of carbonyl (C=O) groups excluding carboxylic acids is 1. The molecule has 122 valence electrons. The molecule has 0 aromatic carbocycles. The Hall–Kier alpha value is -0.650. The number of nitrogens with zero attached hydrogens (tertiary/aromatic N) is 1. The monoisotopic (exact) mass is 297 g/mol. The molecule has 2 aliphatic rings. The highest BCUT2D eigenvalue weighted by molar-refractivity contribution is 5.81. The first-order chi connectivity index (χ1) is 10.2. The zero-order chi connectivity index (χ0) is 15.1. The molecule has 2 saturated heterocycles. The summed E-state index contributed by atoms with van der Waals surface area (Å²) < 4.78 is 5.54. The fourth-order valence-electron chi connectivity index (χ4n) is 3.55. The second-order valence-electron chi connectivity index (χ2n) is 6.50. The highest BCUT2D eigenvalue weighted by Crippen LogP contribution is 2.30. The zero-order valence-corrected chi connectivity index (χ0v) is 13.4. The van der Waals surface area contributed by atoms with E-state index in [4.69, 9.17) is 10.5 Å². The standard InChI is InChI=1S/C16H31N3O2/c1-2-6-14(17)15(20)18-13-16(7-11-21-12-8-16)19-9-4-3-5-10-19/h14H,2-13,17H2,1H3,(H,18,20). The number of rotatable bonds is 6. The SMILES string of the molecule is CCCC(N)C(=O)NCC1(N2CCCCC2)CCOCC1. The van der Waals surface area contributed by atoms with E-state index in [0.29, 0.717) is 6.54 Å². The van der Waals surface area contributed by atoms with Crippen LogP contribution in [0.3, 0.4) is 0 Å². The van der Waals surface area contributed by atoms with Crippen LogP contribution >= 0.6 is 0 Å². The number of nitrogens with one attached hydrogen (secondary N) is 1. The second-order valence-corrected chi connectivity index (χ2v) is 6.50. The van der Waals surface area contributed by atoms with Crippen LogP contribution in [-0.2, 0) is 9.53 Å². The fourth-order valence-corrected chi connectivity index (χ4v) is 3.55. The third-order valence-corrected chi connectivity index (χ3v) is 4.98. The van der Waals surface area contributed by atoms with Crippen molar-refractivity contribution in [1.29, 1.82) is 0 Å². The first kappa shape index (κ1) is 16.7. The largest absolute Gasteiger partial charge is 0.381 e. The molecule has 5 heteroatoms. The van der Waals surface area contributed by atoms with Crippen LogP contribution in [0.25, 0.3) is 0 Å². The van der Waals surface area contributed by atoms with Gasteiger partial charge in [0.2, 0.25) is 5.91 Å². The Morgan fingerprint density at radius 1 is 1.29 bits per heavy atom. The number of ether oxygens (including phenoxy) is 1. The molecule has 1 amide bonds. The molecule has 5 nitrogen and oxygen atoms in total. The Morgan fingerprint density at radius 2 is 1.95 bits per heavy atom. The van der Waals surface area contributed by atoms with Crippen LogP contribution in [0.4, 0.5) is 0 Å². The van der Waals surface area contributed by atoms with Crippen molar-refractivity contribution < 1.29 is 9.53 Å². The van der Waals surface area contributed by atoms with Crippen LogP contribution in [0.5, 0.6) is 0 Å². The van der Waals surface area contributed by atoms with E-state index >= 15 is 0 Å². The molecule has 1 atom stereocenters. The summed E-state index contributed by atoms with van der Waals surface area (Å²) >= 11 is 0. The average Bonchev–Trinajstić information content (AvgIpc) is 2.54. The van der Waals surface area contributed by atoms with Crippen molar-refractivity contribution in [3.8, 4) is 0 Å². The molecule has 0 aromatic rings. The van der Waals surface area contributed by atoms with Crippen molar-refractivity contribution in [2.24, 2.45) is 5.73 Å². The second kappa shape index (κ2) is 8.11. The van der Waals surface area contributed by atoms with Crippen molar-refractivity contribution in [2.75, 3.05) is 32.8 Å². The smallest absolute Gasteiger partial charge is 0.236 e. The van der Waals surface area contributed by atoms with Gasteiger partial charge >= 0.3 is 0 Å². The van der Waals surface area contributed by atoms with E-state index in [-0.39, 0.29) is 17.5 Å². The minimum atomic E-state index is -0.367. The maximum Gasteiger partial charge on any atom is 0.236 e. The summed E-state index contributed by atoms with van der Waals surface area (Å²) in [6.07, 6.45) is 7.59. The van der Waals surface area contributed by atoms with Crippen LogP contribution < -0.4 is 11.1 Å². The zero-order valence-electron chi connectivity index (χ0n) is 13.4. The minimum Gasteiger partial charge on any atom is -0.381 e. The van der Waals surface area contributed by atoms with Gasteiger partial charge in [0.05, 0.1) is 6.04 Å². The summed E-state index contributed by atoms with van der Waals surface area (Å²) in [4.78, 5) is 14.7. The predicted molar refractivity (Wildman–Crippen MR) is 84.1 cm³/mol. The Morgan fingerprint density at radius 3 is 2.57 bits per heavy atom. The lowest BCUT2D eigenvalue weighted by molar-refractivity contribution is -0.124. The van der Waals surface area contributed by atoms with Crippen LogP contribution in [0.1, 0.15) is 51.9 Å². The average molecular weight is 297 g/mol. The third-order valence-electron chi connectivity index (χ3n) is 4.98. The van der Waals surface area contributed by atoms with Gasteiger partial charge in [-0.15, -0.1) is 0 Å². The van der Waals surface area contributed by atoms with Gasteiger partial charge in [-0.25, -0.2) is 0 Å². The molecule has 0 aromatic heterocycles. The van der Waals surface area contributed by atoms with E-state index in [9.17, 15) is 4.79 Å². The normalized spacial score (nSPS) is 24.5. The van der Waals surface area contributed by atoms with Gasteiger partial charge in [0.25, 0.3) is 0 Å². The maximum atomic E-state index is 12.1. The Labute approximate surface area is 128 Å². The maximum absolute atomic E-state index is 12.1. The van der Waals surface area contributed by atoms with Crippen LogP contribution in [0.15, 0.2) is 0 Å². The summed E-state index contributed by atoms with van der Waals surface area (Å²) in [5.41, 5.74) is 6.00. The van der Waals surface area contributed by atoms with Gasteiger partial charge in [-0.3, -0.25) is 9.69 Å². The first-order valence-corrected chi connectivity index (χ1v) is 8.54. The number of amides is 1. The van der Waals surface area contributed by atoms with Crippen LogP contribution in [0, 0.1) is 0 Å². The van der Waals surface area contributed by atoms with E-state index in [1.807, 2.05) is 0 Å².